The molecule has 0 saturated carbocycles. The molecule has 4 unspecified atom stereocenters. The predicted molar refractivity (Wildman–Crippen MR) is 134 cm³/mol. The summed E-state index contributed by atoms with van der Waals surface area (Å²) in [6.45, 7) is 6.75. The summed E-state index contributed by atoms with van der Waals surface area (Å²) in [4.78, 5) is 14.9. The largest absolute Gasteiger partial charge is 0.391 e. The van der Waals surface area contributed by atoms with Crippen molar-refractivity contribution in [2.75, 3.05) is 0 Å². The Labute approximate surface area is 210 Å². The highest BCUT2D eigenvalue weighted by atomic mass is 35.5. The highest BCUT2D eigenvalue weighted by molar-refractivity contribution is 6.30. The number of hydrogen-bond donors (Lipinski definition) is 0. The first kappa shape index (κ1) is 28.3. The zero-order chi connectivity index (χ0) is 25.3. The van der Waals surface area contributed by atoms with Gasteiger partial charge in [0.2, 0.25) is 5.91 Å². The van der Waals surface area contributed by atoms with Gasteiger partial charge in [-0.3, -0.25) is 4.79 Å². The molecule has 1 saturated heterocycles. The Morgan fingerprint density at radius 1 is 1.06 bits per heavy atom. The second-order valence-corrected chi connectivity index (χ2v) is 9.52. The third-order valence-electron chi connectivity index (χ3n) is 6.22. The molecule has 34 heavy (non-hydrogen) atoms. The van der Waals surface area contributed by atoms with Gasteiger partial charge in [-0.1, -0.05) is 73.5 Å². The van der Waals surface area contributed by atoms with E-state index in [1.807, 2.05) is 49.4 Å². The zero-order valence-corrected chi connectivity index (χ0v) is 21.1. The average Bonchev–Trinajstić information content (AvgIpc) is 2.80. The lowest BCUT2D eigenvalue weighted by Gasteiger charge is -2.45. The molecule has 186 valence electrons. The average molecular weight is 514 g/mol. The molecule has 0 aliphatic carbocycles. The fourth-order valence-corrected chi connectivity index (χ4v) is 4.56. The van der Waals surface area contributed by atoms with Gasteiger partial charge in [0.1, 0.15) is 0 Å². The summed E-state index contributed by atoms with van der Waals surface area (Å²) in [5.41, 5.74) is 0.919. The number of amides is 1. The van der Waals surface area contributed by atoms with Crippen molar-refractivity contribution in [2.24, 2.45) is 11.8 Å². The van der Waals surface area contributed by atoms with E-state index in [-0.39, 0.29) is 24.3 Å². The third kappa shape index (κ3) is 8.06. The lowest BCUT2D eigenvalue weighted by atomic mass is 9.83. The second kappa shape index (κ2) is 13.2. The van der Waals surface area contributed by atoms with Crippen LogP contribution in [0.2, 0.25) is 10.0 Å². The van der Waals surface area contributed by atoms with E-state index in [0.717, 1.165) is 17.0 Å². The van der Waals surface area contributed by atoms with Gasteiger partial charge in [0.05, 0.1) is 12.0 Å². The topological polar surface area (TPSA) is 20.3 Å². The number of alkyl halides is 3. The van der Waals surface area contributed by atoms with E-state index in [2.05, 4.69) is 6.58 Å². The Hall–Kier alpha value is -1.98. The molecule has 1 amide bonds. The summed E-state index contributed by atoms with van der Waals surface area (Å²) in [5.74, 6) is -1.73. The van der Waals surface area contributed by atoms with Crippen LogP contribution in [0.3, 0.4) is 0 Å². The van der Waals surface area contributed by atoms with E-state index >= 15 is 0 Å². The molecule has 0 radical (unpaired) electrons. The molecule has 4 atom stereocenters. The van der Waals surface area contributed by atoms with E-state index in [4.69, 9.17) is 23.2 Å². The molecule has 2 aromatic rings. The lowest BCUT2D eigenvalue weighted by Crippen LogP contribution is -2.49. The first-order chi connectivity index (χ1) is 16.1. The minimum absolute atomic E-state index is 0.0673. The molecule has 0 spiro atoms. The molecular formula is C27H32Cl2F3NO. The van der Waals surface area contributed by atoms with Crippen LogP contribution >= 0.6 is 23.2 Å². The van der Waals surface area contributed by atoms with Crippen LogP contribution in [0.25, 0.3) is 0 Å². The molecule has 1 aliphatic rings. The van der Waals surface area contributed by atoms with Crippen LogP contribution in [0.15, 0.2) is 67.3 Å². The quantitative estimate of drug-likeness (QED) is 0.338. The molecule has 0 N–H and O–H groups in total. The molecule has 2 aromatic carbocycles. The van der Waals surface area contributed by atoms with Crippen molar-refractivity contribution >= 4 is 29.1 Å². The highest BCUT2D eigenvalue weighted by Gasteiger charge is 2.43. The van der Waals surface area contributed by atoms with Crippen LogP contribution in [-0.4, -0.2) is 23.0 Å². The number of carbonyl (C=O) groups is 1. The number of halogens is 5. The van der Waals surface area contributed by atoms with Crippen LogP contribution < -0.4 is 0 Å². The molecule has 1 aliphatic heterocycles. The van der Waals surface area contributed by atoms with Crippen LogP contribution in [0, 0.1) is 11.8 Å². The smallest absolute Gasteiger partial charge is 0.332 e. The molecule has 1 fully saturated rings. The molecular weight excluding hydrogens is 482 g/mol. The maximum atomic E-state index is 13.2. The third-order valence-corrected chi connectivity index (χ3v) is 6.72. The van der Waals surface area contributed by atoms with E-state index in [9.17, 15) is 18.0 Å². The Kier molecular flexibility index (Phi) is 11.0. The van der Waals surface area contributed by atoms with Gasteiger partial charge in [-0.15, -0.1) is 6.58 Å². The van der Waals surface area contributed by atoms with Crippen molar-refractivity contribution in [2.45, 2.75) is 64.2 Å². The second-order valence-electron chi connectivity index (χ2n) is 8.65. The van der Waals surface area contributed by atoms with Gasteiger partial charge >= 0.3 is 6.18 Å². The number of piperidine rings is 1. The Balaban J connectivity index is 0.000000497. The van der Waals surface area contributed by atoms with E-state index in [0.29, 0.717) is 24.3 Å². The molecule has 7 heteroatoms. The maximum absolute atomic E-state index is 13.2. The van der Waals surface area contributed by atoms with Crippen LogP contribution in [0.1, 0.15) is 57.6 Å². The van der Waals surface area contributed by atoms with E-state index in [1.165, 1.54) is 6.92 Å². The van der Waals surface area contributed by atoms with Crippen molar-refractivity contribution in [1.82, 2.24) is 4.90 Å². The number of allylic oxidation sites excluding steroid dienone is 1. The van der Waals surface area contributed by atoms with Crippen LogP contribution in [-0.2, 0) is 4.79 Å². The predicted octanol–water partition coefficient (Wildman–Crippen LogP) is 8.90. The first-order valence-corrected chi connectivity index (χ1v) is 12.3. The van der Waals surface area contributed by atoms with Gasteiger partial charge in [-0.2, -0.15) is 13.2 Å². The number of carbonyl (C=O) groups excluding carboxylic acids is 1. The zero-order valence-electron chi connectivity index (χ0n) is 19.6. The minimum atomic E-state index is -4.26. The highest BCUT2D eigenvalue weighted by Crippen LogP contribution is 2.40. The summed E-state index contributed by atoms with van der Waals surface area (Å²) in [6.07, 6.45) is -0.171. The molecule has 3 rings (SSSR count). The number of likely N-dealkylation sites (tertiary alicyclic amines) is 1. The lowest BCUT2D eigenvalue weighted by molar-refractivity contribution is -0.178. The molecule has 0 aromatic heterocycles. The van der Waals surface area contributed by atoms with Crippen LogP contribution in [0.5, 0.6) is 0 Å². The Morgan fingerprint density at radius 3 is 2.12 bits per heavy atom. The standard InChI is InChI=1S/C21H27ClF3NO.C6H5Cl/c1-4-6-16-9-12-19(15-7-10-17(22)11-8-15)26(20(16)27)18(5-2)13-14(3)21(23,24)25;7-6-4-2-1-3-5-6/h4,7-8,10-11,14,16,18-19H,1,5-6,9,12-13H2,2-3H3;1-5H. The summed E-state index contributed by atoms with van der Waals surface area (Å²) < 4.78 is 39.4. The Morgan fingerprint density at radius 2 is 1.65 bits per heavy atom. The van der Waals surface area contributed by atoms with Gasteiger partial charge in [0.15, 0.2) is 0 Å². The summed E-state index contributed by atoms with van der Waals surface area (Å²) in [7, 11) is 0. The van der Waals surface area contributed by atoms with E-state index in [1.54, 1.807) is 23.1 Å². The van der Waals surface area contributed by atoms with Crippen molar-refractivity contribution in [3.63, 3.8) is 0 Å². The van der Waals surface area contributed by atoms with Crippen molar-refractivity contribution in [1.29, 1.82) is 0 Å². The number of nitrogens with zero attached hydrogens (tertiary/aromatic N) is 1. The number of rotatable bonds is 7. The summed E-state index contributed by atoms with van der Waals surface area (Å²) >= 11 is 11.5. The normalized spacial score (nSPS) is 20.2. The summed E-state index contributed by atoms with van der Waals surface area (Å²) in [5, 5.41) is 1.39. The van der Waals surface area contributed by atoms with Gasteiger partial charge in [-0.25, -0.2) is 0 Å². The van der Waals surface area contributed by atoms with E-state index < -0.39 is 18.1 Å². The van der Waals surface area contributed by atoms with Gasteiger partial charge in [-0.05, 0) is 61.9 Å². The molecule has 2 nitrogen and oxygen atoms in total. The van der Waals surface area contributed by atoms with Crippen molar-refractivity contribution in [3.05, 3.63) is 82.9 Å². The fraction of sp³-hybridized carbons (Fsp3) is 0.444. The van der Waals surface area contributed by atoms with Gasteiger partial charge in [0.25, 0.3) is 0 Å². The number of hydrogen-bond acceptors (Lipinski definition) is 1. The van der Waals surface area contributed by atoms with Crippen LogP contribution in [0.4, 0.5) is 13.2 Å². The Bertz CT molecular complexity index is 902. The van der Waals surface area contributed by atoms with Crippen molar-refractivity contribution < 1.29 is 18.0 Å². The number of benzene rings is 2. The fourth-order valence-electron chi connectivity index (χ4n) is 4.29. The molecule has 0 bridgehead atoms. The van der Waals surface area contributed by atoms with Gasteiger partial charge in [0, 0.05) is 22.0 Å². The maximum Gasteiger partial charge on any atom is 0.391 e. The van der Waals surface area contributed by atoms with Gasteiger partial charge < -0.3 is 4.90 Å². The monoisotopic (exact) mass is 513 g/mol. The first-order valence-electron chi connectivity index (χ1n) is 11.5. The SMILES string of the molecule is C=CCC1CCC(c2ccc(Cl)cc2)N(C(CC)CC(C)C(F)(F)F)C1=O.Clc1ccccc1. The minimum Gasteiger partial charge on any atom is -0.332 e. The summed E-state index contributed by atoms with van der Waals surface area (Å²) in [6, 6.07) is 16.0. The molecule has 1 heterocycles. The van der Waals surface area contributed by atoms with Crippen molar-refractivity contribution in [3.8, 4) is 0 Å².